The molecule has 1 amide bonds. The molecule has 21 heavy (non-hydrogen) atoms. The average Bonchev–Trinajstić information content (AvgIpc) is 2.81. The van der Waals surface area contributed by atoms with Crippen LogP contribution in [0.2, 0.25) is 0 Å². The molecule has 0 spiro atoms. The SMILES string of the molecule is CSc1nnc(C(O)C(NC(=O)OC(C)(C)C)C(C)C)o1. The molecular formula is C13H23N3O4S. The molecule has 0 saturated heterocycles. The summed E-state index contributed by atoms with van der Waals surface area (Å²) in [5.41, 5.74) is -0.604. The Morgan fingerprint density at radius 2 is 2.00 bits per heavy atom. The van der Waals surface area contributed by atoms with Gasteiger partial charge in [-0.25, -0.2) is 4.79 Å². The molecule has 0 bridgehead atoms. The van der Waals surface area contributed by atoms with Crippen molar-refractivity contribution in [3.63, 3.8) is 0 Å². The number of nitrogens with one attached hydrogen (secondary N) is 1. The van der Waals surface area contributed by atoms with Crippen LogP contribution in [-0.2, 0) is 4.74 Å². The van der Waals surface area contributed by atoms with E-state index in [1.165, 1.54) is 11.8 Å². The predicted octanol–water partition coefficient (Wildman–Crippen LogP) is 2.37. The van der Waals surface area contributed by atoms with Crippen LogP contribution in [0.15, 0.2) is 9.64 Å². The molecule has 1 rings (SSSR count). The van der Waals surface area contributed by atoms with Crippen molar-refractivity contribution >= 4 is 17.9 Å². The van der Waals surface area contributed by atoms with Crippen molar-refractivity contribution in [1.29, 1.82) is 0 Å². The van der Waals surface area contributed by atoms with E-state index in [0.717, 1.165) is 0 Å². The van der Waals surface area contributed by atoms with Gasteiger partial charge in [-0.1, -0.05) is 25.6 Å². The highest BCUT2D eigenvalue weighted by Gasteiger charge is 2.31. The fourth-order valence-electron chi connectivity index (χ4n) is 1.63. The second kappa shape index (κ2) is 7.13. The lowest BCUT2D eigenvalue weighted by atomic mass is 9.98. The maximum absolute atomic E-state index is 11.9. The summed E-state index contributed by atoms with van der Waals surface area (Å²) in [6, 6.07) is -0.588. The maximum Gasteiger partial charge on any atom is 0.407 e. The Kier molecular flexibility index (Phi) is 6.03. The van der Waals surface area contributed by atoms with Gasteiger partial charge in [0, 0.05) is 0 Å². The van der Waals surface area contributed by atoms with Crippen LogP contribution < -0.4 is 5.32 Å². The number of alkyl carbamates (subject to hydrolysis) is 1. The summed E-state index contributed by atoms with van der Waals surface area (Å²) >= 11 is 1.29. The molecule has 2 atom stereocenters. The van der Waals surface area contributed by atoms with E-state index in [-0.39, 0.29) is 11.8 Å². The average molecular weight is 317 g/mol. The lowest BCUT2D eigenvalue weighted by Gasteiger charge is -2.27. The number of ether oxygens (including phenoxy) is 1. The minimum atomic E-state index is -1.09. The van der Waals surface area contributed by atoms with Crippen molar-refractivity contribution in [1.82, 2.24) is 15.5 Å². The third-order valence-electron chi connectivity index (χ3n) is 2.59. The molecule has 1 aromatic rings. The molecular weight excluding hydrogens is 294 g/mol. The summed E-state index contributed by atoms with van der Waals surface area (Å²) in [6.07, 6.45) is 0.110. The Bertz CT molecular complexity index is 470. The van der Waals surface area contributed by atoms with Crippen LogP contribution >= 0.6 is 11.8 Å². The third kappa shape index (κ3) is 5.55. The van der Waals surface area contributed by atoms with Crippen LogP contribution in [0.25, 0.3) is 0 Å². The minimum Gasteiger partial charge on any atom is -0.444 e. The van der Waals surface area contributed by atoms with Gasteiger partial charge in [-0.15, -0.1) is 10.2 Å². The minimum absolute atomic E-state index is 0.0443. The van der Waals surface area contributed by atoms with E-state index in [1.54, 1.807) is 27.0 Å². The number of carbonyl (C=O) groups excluding carboxylic acids is 1. The van der Waals surface area contributed by atoms with Crippen LogP contribution in [0.4, 0.5) is 4.79 Å². The first-order valence-corrected chi connectivity index (χ1v) is 7.91. The number of amides is 1. The zero-order chi connectivity index (χ0) is 16.2. The summed E-state index contributed by atoms with van der Waals surface area (Å²) in [4.78, 5) is 11.9. The molecule has 0 radical (unpaired) electrons. The topological polar surface area (TPSA) is 97.5 Å². The molecule has 0 aliphatic rings. The van der Waals surface area contributed by atoms with Gasteiger partial charge >= 0.3 is 6.09 Å². The van der Waals surface area contributed by atoms with Crippen molar-refractivity contribution in [3.8, 4) is 0 Å². The van der Waals surface area contributed by atoms with E-state index in [2.05, 4.69) is 15.5 Å². The zero-order valence-electron chi connectivity index (χ0n) is 13.2. The molecule has 1 aromatic heterocycles. The zero-order valence-corrected chi connectivity index (χ0v) is 14.0. The first-order chi connectivity index (χ1) is 9.64. The molecule has 1 heterocycles. The van der Waals surface area contributed by atoms with Gasteiger partial charge < -0.3 is 19.6 Å². The van der Waals surface area contributed by atoms with Gasteiger partial charge in [0.15, 0.2) is 6.10 Å². The molecule has 0 saturated carbocycles. The first kappa shape index (κ1) is 17.8. The van der Waals surface area contributed by atoms with Crippen LogP contribution in [-0.4, -0.2) is 39.3 Å². The van der Waals surface area contributed by atoms with E-state index in [1.807, 2.05) is 13.8 Å². The molecule has 0 aromatic carbocycles. The van der Waals surface area contributed by atoms with Gasteiger partial charge in [-0.2, -0.15) is 0 Å². The monoisotopic (exact) mass is 317 g/mol. The molecule has 120 valence electrons. The molecule has 0 aliphatic heterocycles. The molecule has 8 heteroatoms. The normalized spacial score (nSPS) is 14.9. The molecule has 0 aliphatic carbocycles. The van der Waals surface area contributed by atoms with Crippen molar-refractivity contribution in [2.24, 2.45) is 5.92 Å². The van der Waals surface area contributed by atoms with Gasteiger partial charge in [0.05, 0.1) is 6.04 Å². The molecule has 0 fully saturated rings. The number of hydrogen-bond donors (Lipinski definition) is 2. The standard InChI is InChI=1S/C13H23N3O4S/c1-7(2)8(14-11(18)20-13(3,4)5)9(17)10-15-16-12(19-10)21-6/h7-9,17H,1-6H3,(H,14,18). The number of nitrogens with zero attached hydrogens (tertiary/aromatic N) is 2. The summed E-state index contributed by atoms with van der Waals surface area (Å²) < 4.78 is 10.5. The Morgan fingerprint density at radius 3 is 2.43 bits per heavy atom. The fraction of sp³-hybridized carbons (Fsp3) is 0.769. The van der Waals surface area contributed by atoms with Crippen LogP contribution in [0.5, 0.6) is 0 Å². The number of aliphatic hydroxyl groups is 1. The smallest absolute Gasteiger partial charge is 0.407 e. The Labute approximate surface area is 128 Å². The van der Waals surface area contributed by atoms with Crippen molar-refractivity contribution in [3.05, 3.63) is 5.89 Å². The van der Waals surface area contributed by atoms with Gasteiger partial charge in [0.1, 0.15) is 5.60 Å². The van der Waals surface area contributed by atoms with Crippen LogP contribution in [0, 0.1) is 5.92 Å². The number of aromatic nitrogens is 2. The quantitative estimate of drug-likeness (QED) is 0.804. The third-order valence-corrected chi connectivity index (χ3v) is 3.11. The lowest BCUT2D eigenvalue weighted by molar-refractivity contribution is 0.0321. The Balaban J connectivity index is 2.79. The van der Waals surface area contributed by atoms with E-state index >= 15 is 0 Å². The van der Waals surface area contributed by atoms with Crippen LogP contribution in [0.3, 0.4) is 0 Å². The predicted molar refractivity (Wildman–Crippen MR) is 79.0 cm³/mol. The summed E-state index contributed by atoms with van der Waals surface area (Å²) in [5.74, 6) is 0.0336. The largest absolute Gasteiger partial charge is 0.444 e. The van der Waals surface area contributed by atoms with Gasteiger partial charge in [-0.05, 0) is 32.9 Å². The van der Waals surface area contributed by atoms with Gasteiger partial charge in [-0.3, -0.25) is 0 Å². The first-order valence-electron chi connectivity index (χ1n) is 6.69. The van der Waals surface area contributed by atoms with Gasteiger partial charge in [0.2, 0.25) is 5.89 Å². The van der Waals surface area contributed by atoms with Crippen molar-refractivity contribution in [2.45, 2.75) is 57.6 Å². The number of aliphatic hydroxyl groups excluding tert-OH is 1. The highest BCUT2D eigenvalue weighted by atomic mass is 32.2. The fourth-order valence-corrected chi connectivity index (χ4v) is 1.92. The molecule has 2 unspecified atom stereocenters. The van der Waals surface area contributed by atoms with E-state index in [4.69, 9.17) is 9.15 Å². The van der Waals surface area contributed by atoms with E-state index in [9.17, 15) is 9.90 Å². The number of hydrogen-bond acceptors (Lipinski definition) is 7. The van der Waals surface area contributed by atoms with E-state index < -0.39 is 23.8 Å². The highest BCUT2D eigenvalue weighted by molar-refractivity contribution is 7.98. The summed E-state index contributed by atoms with van der Waals surface area (Å²) in [7, 11) is 0. The van der Waals surface area contributed by atoms with Crippen molar-refractivity contribution < 1.29 is 19.1 Å². The highest BCUT2D eigenvalue weighted by Crippen LogP contribution is 2.23. The number of carbonyl (C=O) groups is 1. The Morgan fingerprint density at radius 1 is 1.38 bits per heavy atom. The molecule has 2 N–H and O–H groups in total. The number of rotatable bonds is 5. The second-order valence-corrected chi connectivity index (χ2v) is 6.73. The summed E-state index contributed by atoms with van der Waals surface area (Å²) in [6.45, 7) is 9.07. The lowest BCUT2D eigenvalue weighted by Crippen LogP contribution is -2.45. The van der Waals surface area contributed by atoms with Crippen LogP contribution in [0.1, 0.15) is 46.6 Å². The Hall–Kier alpha value is -1.28. The number of thioether (sulfide) groups is 1. The molecule has 7 nitrogen and oxygen atoms in total. The summed E-state index contributed by atoms with van der Waals surface area (Å²) in [5, 5.41) is 20.9. The van der Waals surface area contributed by atoms with Gasteiger partial charge in [0.25, 0.3) is 5.22 Å². The maximum atomic E-state index is 11.9. The van der Waals surface area contributed by atoms with E-state index in [0.29, 0.717) is 5.22 Å². The van der Waals surface area contributed by atoms with Crippen molar-refractivity contribution in [2.75, 3.05) is 6.26 Å². The second-order valence-electron chi connectivity index (χ2n) is 5.97.